The molecule has 0 saturated carbocycles. The Hall–Kier alpha value is -3.09. The predicted molar refractivity (Wildman–Crippen MR) is 119 cm³/mol. The van der Waals surface area contributed by atoms with E-state index < -0.39 is 35.8 Å². The van der Waals surface area contributed by atoms with E-state index >= 15 is 0 Å². The molecule has 7 heteroatoms. The van der Waals surface area contributed by atoms with Crippen molar-refractivity contribution in [3.05, 3.63) is 54.1 Å². The Balaban J connectivity index is 2.18. The summed E-state index contributed by atoms with van der Waals surface area (Å²) in [5.74, 6) is -3.32. The highest BCUT2D eigenvalue weighted by Crippen LogP contribution is 2.34. The summed E-state index contributed by atoms with van der Waals surface area (Å²) in [6.45, 7) is 11.2. The van der Waals surface area contributed by atoms with Crippen LogP contribution in [0.1, 0.15) is 44.7 Å². The molecule has 3 atom stereocenters. The quantitative estimate of drug-likeness (QED) is 0.349. The van der Waals surface area contributed by atoms with Crippen LogP contribution in [0.15, 0.2) is 43.0 Å². The van der Waals surface area contributed by atoms with Crippen LogP contribution in [-0.2, 0) is 29.3 Å². The van der Waals surface area contributed by atoms with Gasteiger partial charge in [0.05, 0.1) is 11.8 Å². The fraction of sp³-hybridized carbons (Fsp3) is 0.480. The topological polar surface area (TPSA) is 99.1 Å². The largest absolute Gasteiger partial charge is 0.489 e. The molecule has 0 aromatic heterocycles. The number of aliphatic carboxylic acids is 1. The van der Waals surface area contributed by atoms with Crippen molar-refractivity contribution in [2.45, 2.75) is 52.1 Å². The third-order valence-electron chi connectivity index (χ3n) is 5.35. The number of esters is 2. The first kappa shape index (κ1) is 25.2. The van der Waals surface area contributed by atoms with Gasteiger partial charge in [0.15, 0.2) is 6.10 Å². The Morgan fingerprint density at radius 2 is 1.81 bits per heavy atom. The van der Waals surface area contributed by atoms with E-state index in [1.165, 1.54) is 0 Å². The van der Waals surface area contributed by atoms with Crippen molar-refractivity contribution >= 4 is 17.9 Å². The minimum atomic E-state index is -1.04. The molecule has 1 aromatic rings. The fourth-order valence-electron chi connectivity index (χ4n) is 3.56. The lowest BCUT2D eigenvalue weighted by Gasteiger charge is -2.28. The van der Waals surface area contributed by atoms with Gasteiger partial charge in [-0.05, 0) is 36.3 Å². The Bertz CT molecular complexity index is 879. The number of allylic oxidation sites excluding steroid dienone is 2. The first-order chi connectivity index (χ1) is 15.0. The lowest BCUT2D eigenvalue weighted by Crippen LogP contribution is -2.38. The minimum absolute atomic E-state index is 0.0512. The lowest BCUT2D eigenvalue weighted by molar-refractivity contribution is -0.167. The molecular formula is C25H32O7. The number of para-hydroxylation sites is 1. The summed E-state index contributed by atoms with van der Waals surface area (Å²) in [5, 5.41) is 9.44. The molecule has 0 spiro atoms. The van der Waals surface area contributed by atoms with Crippen molar-refractivity contribution < 1.29 is 33.7 Å². The normalized spacial score (nSPS) is 19.0. The maximum Gasteiger partial charge on any atom is 0.330 e. The van der Waals surface area contributed by atoms with Gasteiger partial charge in [0, 0.05) is 6.08 Å². The SMILES string of the molecule is C=CC(=O)OCC(COc1c(C)cccc1C(C)(C)C)OC(=O)C1CC=CCC1C(=O)O. The number of hydrogen-bond acceptors (Lipinski definition) is 6. The van der Waals surface area contributed by atoms with Crippen LogP contribution in [0.4, 0.5) is 0 Å². The van der Waals surface area contributed by atoms with E-state index in [4.69, 9.17) is 14.2 Å². The molecule has 1 aliphatic carbocycles. The van der Waals surface area contributed by atoms with Gasteiger partial charge in [0.2, 0.25) is 0 Å². The van der Waals surface area contributed by atoms with Crippen LogP contribution in [0, 0.1) is 18.8 Å². The fourth-order valence-corrected chi connectivity index (χ4v) is 3.56. The number of hydrogen-bond donors (Lipinski definition) is 1. The minimum Gasteiger partial charge on any atom is -0.489 e. The van der Waals surface area contributed by atoms with E-state index in [1.54, 1.807) is 12.2 Å². The molecule has 1 aliphatic rings. The standard InChI is InChI=1S/C25H32O7/c1-6-21(26)30-14-17(32-24(29)19-12-8-7-11-18(19)23(27)28)15-31-22-16(2)10-9-13-20(22)25(3,4)5/h6-10,13,17-19H,1,11-12,14-15H2,2-5H3,(H,27,28). The molecular weight excluding hydrogens is 412 g/mol. The Morgan fingerprint density at radius 3 is 2.41 bits per heavy atom. The van der Waals surface area contributed by atoms with Crippen molar-refractivity contribution in [3.8, 4) is 5.75 Å². The van der Waals surface area contributed by atoms with Crippen LogP contribution in [-0.4, -0.2) is 42.3 Å². The van der Waals surface area contributed by atoms with Gasteiger partial charge in [-0.2, -0.15) is 0 Å². The second-order valence-electron chi connectivity index (χ2n) is 8.90. The van der Waals surface area contributed by atoms with Gasteiger partial charge in [-0.1, -0.05) is 57.7 Å². The van der Waals surface area contributed by atoms with E-state index in [2.05, 4.69) is 27.4 Å². The van der Waals surface area contributed by atoms with Crippen molar-refractivity contribution in [2.75, 3.05) is 13.2 Å². The Labute approximate surface area is 189 Å². The van der Waals surface area contributed by atoms with Gasteiger partial charge in [0.25, 0.3) is 0 Å². The molecule has 1 N–H and O–H groups in total. The number of benzene rings is 1. The average Bonchev–Trinajstić information content (AvgIpc) is 2.74. The number of carbonyl (C=O) groups excluding carboxylic acids is 2. The van der Waals surface area contributed by atoms with Crippen LogP contribution in [0.3, 0.4) is 0 Å². The molecule has 2 rings (SSSR count). The number of aryl methyl sites for hydroxylation is 1. The van der Waals surface area contributed by atoms with E-state index in [9.17, 15) is 19.5 Å². The first-order valence-electron chi connectivity index (χ1n) is 10.6. The third kappa shape index (κ3) is 6.70. The number of rotatable bonds is 9. The summed E-state index contributed by atoms with van der Waals surface area (Å²) in [6.07, 6.45) is 4.19. The van der Waals surface area contributed by atoms with Crippen molar-refractivity contribution in [2.24, 2.45) is 11.8 Å². The van der Waals surface area contributed by atoms with Crippen LogP contribution < -0.4 is 4.74 Å². The maximum atomic E-state index is 12.8. The Morgan fingerprint density at radius 1 is 1.16 bits per heavy atom. The van der Waals surface area contributed by atoms with Crippen LogP contribution in [0.2, 0.25) is 0 Å². The van der Waals surface area contributed by atoms with Gasteiger partial charge >= 0.3 is 17.9 Å². The summed E-state index contributed by atoms with van der Waals surface area (Å²) < 4.78 is 16.7. The van der Waals surface area contributed by atoms with Gasteiger partial charge in [-0.15, -0.1) is 0 Å². The molecule has 0 aliphatic heterocycles. The van der Waals surface area contributed by atoms with Gasteiger partial charge in [-0.3, -0.25) is 9.59 Å². The van der Waals surface area contributed by atoms with Crippen LogP contribution in [0.5, 0.6) is 5.75 Å². The summed E-state index contributed by atoms with van der Waals surface area (Å²) in [5.41, 5.74) is 1.74. The number of carbonyl (C=O) groups is 3. The second kappa shape index (κ2) is 11.0. The molecule has 0 heterocycles. The molecule has 0 radical (unpaired) electrons. The third-order valence-corrected chi connectivity index (χ3v) is 5.35. The first-order valence-corrected chi connectivity index (χ1v) is 10.6. The second-order valence-corrected chi connectivity index (χ2v) is 8.90. The molecule has 1 aromatic carbocycles. The van der Waals surface area contributed by atoms with Crippen LogP contribution in [0.25, 0.3) is 0 Å². The smallest absolute Gasteiger partial charge is 0.330 e. The molecule has 32 heavy (non-hydrogen) atoms. The Kier molecular flexibility index (Phi) is 8.63. The highest BCUT2D eigenvalue weighted by atomic mass is 16.6. The maximum absolute atomic E-state index is 12.8. The zero-order chi connectivity index (χ0) is 23.9. The molecule has 174 valence electrons. The van der Waals surface area contributed by atoms with E-state index in [0.717, 1.165) is 17.2 Å². The van der Waals surface area contributed by atoms with E-state index in [0.29, 0.717) is 5.75 Å². The zero-order valence-corrected chi connectivity index (χ0v) is 19.1. The summed E-state index contributed by atoms with van der Waals surface area (Å²) in [6, 6.07) is 5.86. The number of ether oxygens (including phenoxy) is 3. The summed E-state index contributed by atoms with van der Waals surface area (Å²) in [4.78, 5) is 35.9. The molecule has 3 unspecified atom stereocenters. The highest BCUT2D eigenvalue weighted by Gasteiger charge is 2.36. The summed E-state index contributed by atoms with van der Waals surface area (Å²) >= 11 is 0. The van der Waals surface area contributed by atoms with Crippen LogP contribution >= 0.6 is 0 Å². The summed E-state index contributed by atoms with van der Waals surface area (Å²) in [7, 11) is 0. The van der Waals surface area contributed by atoms with Gasteiger partial charge < -0.3 is 19.3 Å². The monoisotopic (exact) mass is 444 g/mol. The van der Waals surface area contributed by atoms with Gasteiger partial charge in [-0.25, -0.2) is 4.79 Å². The zero-order valence-electron chi connectivity index (χ0n) is 19.1. The molecule has 0 amide bonds. The lowest BCUT2D eigenvalue weighted by atomic mass is 9.83. The predicted octanol–water partition coefficient (Wildman–Crippen LogP) is 3.98. The molecule has 0 bridgehead atoms. The molecule has 7 nitrogen and oxygen atoms in total. The molecule has 0 fully saturated rings. The average molecular weight is 445 g/mol. The van der Waals surface area contributed by atoms with E-state index in [1.807, 2.05) is 25.1 Å². The molecule has 0 saturated heterocycles. The number of carboxylic acids is 1. The van der Waals surface area contributed by atoms with E-state index in [-0.39, 0.29) is 31.5 Å². The van der Waals surface area contributed by atoms with Crippen molar-refractivity contribution in [1.29, 1.82) is 0 Å². The van der Waals surface area contributed by atoms with Crippen molar-refractivity contribution in [1.82, 2.24) is 0 Å². The van der Waals surface area contributed by atoms with Crippen molar-refractivity contribution in [3.63, 3.8) is 0 Å². The van der Waals surface area contributed by atoms with Gasteiger partial charge in [0.1, 0.15) is 19.0 Å². The number of carboxylic acid groups (broad SMARTS) is 1. The highest BCUT2D eigenvalue weighted by molar-refractivity contribution is 5.82.